The lowest BCUT2D eigenvalue weighted by Crippen LogP contribution is -2.48. The van der Waals surface area contributed by atoms with E-state index in [0.717, 1.165) is 30.6 Å². The summed E-state index contributed by atoms with van der Waals surface area (Å²) in [7, 11) is 1.58. The molecule has 1 heterocycles. The molecular weight excluding hydrogens is 350 g/mol. The molecule has 0 saturated carbocycles. The number of allylic oxidation sites excluding steroid dienone is 2. The van der Waals surface area contributed by atoms with Crippen LogP contribution in [0.4, 0.5) is 0 Å². The summed E-state index contributed by atoms with van der Waals surface area (Å²) in [6, 6.07) is 13.9. The average Bonchev–Trinajstić information content (AvgIpc) is 2.73. The number of nitrogens with two attached hydrogens (primary N) is 1. The highest BCUT2D eigenvalue weighted by Gasteiger charge is 2.54. The lowest BCUT2D eigenvalue weighted by atomic mass is 9.58. The van der Waals surface area contributed by atoms with Crippen molar-refractivity contribution in [2.45, 2.75) is 19.3 Å². The summed E-state index contributed by atoms with van der Waals surface area (Å²) in [5.41, 5.74) is 6.71. The van der Waals surface area contributed by atoms with Crippen molar-refractivity contribution in [2.75, 3.05) is 26.7 Å². The van der Waals surface area contributed by atoms with Crippen molar-refractivity contribution in [1.29, 1.82) is 15.8 Å². The minimum atomic E-state index is -1.60. The van der Waals surface area contributed by atoms with Crippen molar-refractivity contribution in [3.8, 4) is 24.0 Å². The molecule has 1 aromatic rings. The molecule has 142 valence electrons. The molecule has 2 atom stereocenters. The van der Waals surface area contributed by atoms with Crippen molar-refractivity contribution in [3.63, 3.8) is 0 Å². The fourth-order valence-electron chi connectivity index (χ4n) is 4.45. The van der Waals surface area contributed by atoms with Crippen molar-refractivity contribution in [1.82, 2.24) is 4.90 Å². The van der Waals surface area contributed by atoms with Gasteiger partial charge in [-0.3, -0.25) is 4.90 Å². The topological polar surface area (TPSA) is 110 Å². The number of fused-ring (bicyclic) bond motifs is 1. The molecule has 1 aromatic carbocycles. The summed E-state index contributed by atoms with van der Waals surface area (Å²) in [6.07, 6.45) is 3.03. The van der Waals surface area contributed by atoms with Gasteiger partial charge in [-0.1, -0.05) is 25.1 Å². The maximum Gasteiger partial charge on any atom is 0.191 e. The maximum absolute atomic E-state index is 10.1. The van der Waals surface area contributed by atoms with E-state index >= 15 is 0 Å². The second-order valence-corrected chi connectivity index (χ2v) is 7.21. The Morgan fingerprint density at radius 3 is 2.64 bits per heavy atom. The highest BCUT2D eigenvalue weighted by atomic mass is 16.5. The van der Waals surface area contributed by atoms with Gasteiger partial charge in [0.25, 0.3) is 0 Å². The predicted octanol–water partition coefficient (Wildman–Crippen LogP) is 2.83. The lowest BCUT2D eigenvalue weighted by Gasteiger charge is -2.45. The molecule has 6 nitrogen and oxygen atoms in total. The van der Waals surface area contributed by atoms with Gasteiger partial charge < -0.3 is 10.5 Å². The Hall–Kier alpha value is -3.27. The minimum absolute atomic E-state index is 0.0549. The molecule has 0 radical (unpaired) electrons. The lowest BCUT2D eigenvalue weighted by molar-refractivity contribution is 0.207. The van der Waals surface area contributed by atoms with Gasteiger partial charge in [0.05, 0.1) is 30.5 Å². The van der Waals surface area contributed by atoms with Gasteiger partial charge in [0.2, 0.25) is 0 Å². The number of nitriles is 3. The Bertz CT molecular complexity index is 942. The second kappa shape index (κ2) is 7.77. The van der Waals surface area contributed by atoms with Gasteiger partial charge in [-0.2, -0.15) is 15.8 Å². The van der Waals surface area contributed by atoms with E-state index in [-0.39, 0.29) is 17.2 Å². The summed E-state index contributed by atoms with van der Waals surface area (Å²) in [5, 5.41) is 29.9. The molecule has 0 saturated heterocycles. The van der Waals surface area contributed by atoms with Gasteiger partial charge in [0, 0.05) is 24.9 Å². The fourth-order valence-corrected chi connectivity index (χ4v) is 4.45. The van der Waals surface area contributed by atoms with Crippen LogP contribution in [-0.4, -0.2) is 31.6 Å². The van der Waals surface area contributed by atoms with Gasteiger partial charge in [0.1, 0.15) is 11.8 Å². The van der Waals surface area contributed by atoms with Crippen molar-refractivity contribution in [3.05, 3.63) is 52.7 Å². The summed E-state index contributed by atoms with van der Waals surface area (Å²) in [4.78, 5) is 2.29. The standard InChI is InChI=1S/C22H23N5O/c1-3-8-27-9-7-17-18(11-23)21(26)22(13-24,14-25)20(19(17)12-27)15-5-4-6-16(10-15)28-2/h4-7,10,19-20H,3,8-9,12,26H2,1-2H3/t19-,20-/m0/s1. The molecule has 0 bridgehead atoms. The first-order chi connectivity index (χ1) is 13.6. The summed E-state index contributed by atoms with van der Waals surface area (Å²) in [6.45, 7) is 4.44. The Morgan fingerprint density at radius 1 is 1.29 bits per heavy atom. The van der Waals surface area contributed by atoms with Crippen LogP contribution in [0.15, 0.2) is 47.2 Å². The summed E-state index contributed by atoms with van der Waals surface area (Å²) < 4.78 is 5.36. The number of ether oxygens (including phenoxy) is 1. The fraction of sp³-hybridized carbons (Fsp3) is 0.409. The molecule has 1 aliphatic heterocycles. The Kier molecular flexibility index (Phi) is 5.41. The quantitative estimate of drug-likeness (QED) is 0.869. The van der Waals surface area contributed by atoms with Crippen LogP contribution in [0.2, 0.25) is 0 Å². The van der Waals surface area contributed by atoms with Crippen LogP contribution in [0.1, 0.15) is 24.8 Å². The van der Waals surface area contributed by atoms with Crippen molar-refractivity contribution >= 4 is 0 Å². The van der Waals surface area contributed by atoms with E-state index < -0.39 is 11.3 Å². The summed E-state index contributed by atoms with van der Waals surface area (Å²) in [5.74, 6) is -0.00285. The maximum atomic E-state index is 10.1. The van der Waals surface area contributed by atoms with E-state index in [2.05, 4.69) is 30.0 Å². The molecule has 0 aromatic heterocycles. The van der Waals surface area contributed by atoms with E-state index in [4.69, 9.17) is 10.5 Å². The number of nitrogens with zero attached hydrogens (tertiary/aromatic N) is 4. The van der Waals surface area contributed by atoms with Gasteiger partial charge in [-0.05, 0) is 36.2 Å². The summed E-state index contributed by atoms with van der Waals surface area (Å²) >= 11 is 0. The monoisotopic (exact) mass is 373 g/mol. The number of hydrogen-bond acceptors (Lipinski definition) is 6. The molecule has 28 heavy (non-hydrogen) atoms. The minimum Gasteiger partial charge on any atom is -0.497 e. The smallest absolute Gasteiger partial charge is 0.191 e. The largest absolute Gasteiger partial charge is 0.497 e. The zero-order chi connectivity index (χ0) is 20.3. The van der Waals surface area contributed by atoms with E-state index in [0.29, 0.717) is 12.3 Å². The van der Waals surface area contributed by atoms with Crippen LogP contribution >= 0.6 is 0 Å². The first-order valence-electron chi connectivity index (χ1n) is 9.35. The highest BCUT2D eigenvalue weighted by Crippen LogP contribution is 2.54. The molecule has 0 spiro atoms. The van der Waals surface area contributed by atoms with Crippen LogP contribution in [0.3, 0.4) is 0 Å². The number of benzene rings is 1. The van der Waals surface area contributed by atoms with Crippen LogP contribution in [-0.2, 0) is 0 Å². The SMILES string of the molecule is CCCN1CC=C2C(C#N)=C(N)C(C#N)(C#N)[C@@H](c3cccc(OC)c3)[C@H]2C1. The van der Waals surface area contributed by atoms with E-state index in [1.807, 2.05) is 30.3 Å². The van der Waals surface area contributed by atoms with Gasteiger partial charge >= 0.3 is 0 Å². The van der Waals surface area contributed by atoms with Crippen LogP contribution in [0, 0.1) is 45.3 Å². The third-order valence-corrected chi connectivity index (χ3v) is 5.73. The molecule has 0 fully saturated rings. The predicted molar refractivity (Wildman–Crippen MR) is 105 cm³/mol. The molecule has 2 N–H and O–H groups in total. The first kappa shape index (κ1) is 19.5. The van der Waals surface area contributed by atoms with E-state index in [1.54, 1.807) is 7.11 Å². The molecular formula is C22H23N5O. The van der Waals surface area contributed by atoms with Gasteiger partial charge in [0.15, 0.2) is 5.41 Å². The first-order valence-corrected chi connectivity index (χ1v) is 9.35. The van der Waals surface area contributed by atoms with Crippen LogP contribution in [0.25, 0.3) is 0 Å². The molecule has 1 aliphatic carbocycles. The third-order valence-electron chi connectivity index (χ3n) is 5.73. The highest BCUT2D eigenvalue weighted by molar-refractivity contribution is 5.59. The van der Waals surface area contributed by atoms with Crippen LogP contribution in [0.5, 0.6) is 5.75 Å². The zero-order valence-electron chi connectivity index (χ0n) is 16.1. The Balaban J connectivity index is 2.27. The van der Waals surface area contributed by atoms with E-state index in [9.17, 15) is 15.8 Å². The zero-order valence-corrected chi connectivity index (χ0v) is 16.1. The van der Waals surface area contributed by atoms with Gasteiger partial charge in [-0.15, -0.1) is 0 Å². The molecule has 3 rings (SSSR count). The van der Waals surface area contributed by atoms with E-state index in [1.165, 1.54) is 0 Å². The Labute approximate surface area is 165 Å². The average molecular weight is 373 g/mol. The van der Waals surface area contributed by atoms with Gasteiger partial charge in [-0.25, -0.2) is 0 Å². The molecule has 6 heteroatoms. The molecule has 0 unspecified atom stereocenters. The van der Waals surface area contributed by atoms with Crippen molar-refractivity contribution in [2.24, 2.45) is 17.1 Å². The number of methoxy groups -OCH3 is 1. The van der Waals surface area contributed by atoms with Crippen molar-refractivity contribution < 1.29 is 4.74 Å². The third kappa shape index (κ3) is 2.91. The molecule has 0 amide bonds. The van der Waals surface area contributed by atoms with Crippen LogP contribution < -0.4 is 10.5 Å². The number of rotatable bonds is 4. The second-order valence-electron chi connectivity index (χ2n) is 7.21. The number of hydrogen-bond donors (Lipinski definition) is 1. The molecule has 2 aliphatic rings. The Morgan fingerprint density at radius 2 is 2.04 bits per heavy atom. The normalized spacial score (nSPS) is 23.6.